The molecule has 1 aromatic carbocycles. The molecular weight excluding hydrogens is 296 g/mol. The van der Waals surface area contributed by atoms with E-state index in [1.165, 1.54) is 0 Å². The Morgan fingerprint density at radius 1 is 1.61 bits per heavy atom. The molecule has 1 unspecified atom stereocenters. The summed E-state index contributed by atoms with van der Waals surface area (Å²) in [5.74, 6) is 0.283. The lowest BCUT2D eigenvalue weighted by Gasteiger charge is -2.15. The minimum absolute atomic E-state index is 0.0662. The quantitative estimate of drug-likeness (QED) is 0.911. The van der Waals surface area contributed by atoms with E-state index < -0.39 is 0 Å². The van der Waals surface area contributed by atoms with Gasteiger partial charge in [0.2, 0.25) is 11.9 Å². The molecular formula is C12H15BrN4O. The number of amides is 1. The first-order valence-corrected chi connectivity index (χ1v) is 6.54. The number of aromatic nitrogens is 2. The summed E-state index contributed by atoms with van der Waals surface area (Å²) in [6.07, 6.45) is 0. The fraction of sp³-hybridized carbons (Fsp3) is 0.333. The van der Waals surface area contributed by atoms with Crippen LogP contribution in [0.4, 0.5) is 5.95 Å². The van der Waals surface area contributed by atoms with Crippen LogP contribution in [0.25, 0.3) is 11.0 Å². The van der Waals surface area contributed by atoms with Crippen LogP contribution < -0.4 is 11.1 Å². The summed E-state index contributed by atoms with van der Waals surface area (Å²) >= 11 is 3.41. The molecule has 18 heavy (non-hydrogen) atoms. The number of nitrogens with one attached hydrogen (secondary N) is 1. The molecule has 1 amide bonds. The van der Waals surface area contributed by atoms with Gasteiger partial charge in [-0.2, -0.15) is 0 Å². The maximum atomic E-state index is 11.9. The van der Waals surface area contributed by atoms with Crippen molar-refractivity contribution in [1.82, 2.24) is 14.9 Å². The number of nitrogen functional groups attached to an aromatic ring is 1. The Morgan fingerprint density at radius 3 is 3.00 bits per heavy atom. The third kappa shape index (κ3) is 2.20. The van der Waals surface area contributed by atoms with E-state index in [4.69, 9.17) is 5.73 Å². The predicted octanol–water partition coefficient (Wildman–Crippen LogP) is 2.08. The number of likely N-dealkylation sites (N-methyl/N-ethyl adjacent to an activating group) is 1. The van der Waals surface area contributed by atoms with Gasteiger partial charge in [-0.05, 0) is 32.0 Å². The van der Waals surface area contributed by atoms with E-state index in [0.717, 1.165) is 15.5 Å². The number of carbonyl (C=O) groups is 1. The van der Waals surface area contributed by atoms with Gasteiger partial charge in [0.25, 0.3) is 0 Å². The number of imidazole rings is 1. The van der Waals surface area contributed by atoms with E-state index in [1.807, 2.05) is 32.0 Å². The molecule has 6 heteroatoms. The Balaban J connectivity index is 2.52. The Morgan fingerprint density at radius 2 is 2.33 bits per heavy atom. The molecule has 2 rings (SSSR count). The summed E-state index contributed by atoms with van der Waals surface area (Å²) < 4.78 is 2.67. The molecule has 96 valence electrons. The Kier molecular flexibility index (Phi) is 3.56. The largest absolute Gasteiger partial charge is 0.369 e. The predicted molar refractivity (Wildman–Crippen MR) is 75.2 cm³/mol. The molecule has 3 N–H and O–H groups in total. The lowest BCUT2D eigenvalue weighted by molar-refractivity contribution is -0.123. The van der Waals surface area contributed by atoms with Crippen LogP contribution >= 0.6 is 15.9 Å². The molecule has 5 nitrogen and oxygen atoms in total. The maximum absolute atomic E-state index is 11.9. The number of hydrogen-bond acceptors (Lipinski definition) is 3. The fourth-order valence-electron chi connectivity index (χ4n) is 1.93. The average molecular weight is 311 g/mol. The number of rotatable bonds is 3. The lowest BCUT2D eigenvalue weighted by Crippen LogP contribution is -2.31. The molecule has 0 spiro atoms. The second-order valence-corrected chi connectivity index (χ2v) is 4.96. The van der Waals surface area contributed by atoms with Crippen molar-refractivity contribution in [1.29, 1.82) is 0 Å². The first-order chi connectivity index (χ1) is 8.54. The van der Waals surface area contributed by atoms with Gasteiger partial charge in [-0.25, -0.2) is 4.98 Å². The first-order valence-electron chi connectivity index (χ1n) is 5.75. The summed E-state index contributed by atoms with van der Waals surface area (Å²) in [4.78, 5) is 16.2. The summed E-state index contributed by atoms with van der Waals surface area (Å²) in [5, 5.41) is 2.79. The van der Waals surface area contributed by atoms with Crippen LogP contribution in [0.2, 0.25) is 0 Å². The first kappa shape index (κ1) is 12.9. The second-order valence-electron chi connectivity index (χ2n) is 4.04. The lowest BCUT2D eigenvalue weighted by atomic mass is 10.2. The van der Waals surface area contributed by atoms with Gasteiger partial charge in [-0.1, -0.05) is 15.9 Å². The van der Waals surface area contributed by atoms with E-state index in [0.29, 0.717) is 12.5 Å². The van der Waals surface area contributed by atoms with E-state index in [1.54, 1.807) is 4.57 Å². The normalized spacial score (nSPS) is 12.6. The van der Waals surface area contributed by atoms with Crippen LogP contribution in [0.1, 0.15) is 19.9 Å². The fourth-order valence-corrected chi connectivity index (χ4v) is 2.28. The van der Waals surface area contributed by atoms with E-state index in [-0.39, 0.29) is 11.9 Å². The van der Waals surface area contributed by atoms with Gasteiger partial charge in [-0.3, -0.25) is 9.36 Å². The molecule has 0 fully saturated rings. The van der Waals surface area contributed by atoms with Gasteiger partial charge in [0, 0.05) is 11.0 Å². The molecule has 0 saturated carbocycles. The van der Waals surface area contributed by atoms with E-state index in [9.17, 15) is 4.79 Å². The molecule has 0 bridgehead atoms. The minimum Gasteiger partial charge on any atom is -0.369 e. The van der Waals surface area contributed by atoms with E-state index in [2.05, 4.69) is 26.2 Å². The number of carbonyl (C=O) groups excluding carboxylic acids is 1. The van der Waals surface area contributed by atoms with E-state index >= 15 is 0 Å². The number of nitrogens with two attached hydrogens (primary N) is 1. The molecule has 0 aliphatic carbocycles. The zero-order valence-corrected chi connectivity index (χ0v) is 11.9. The van der Waals surface area contributed by atoms with Crippen molar-refractivity contribution in [2.75, 3.05) is 12.3 Å². The molecule has 1 heterocycles. The molecule has 0 aliphatic heterocycles. The van der Waals surface area contributed by atoms with Gasteiger partial charge in [-0.15, -0.1) is 0 Å². The molecule has 0 radical (unpaired) electrons. The topological polar surface area (TPSA) is 72.9 Å². The third-order valence-corrected chi connectivity index (χ3v) is 3.29. The molecule has 1 aromatic heterocycles. The Bertz CT molecular complexity index is 593. The number of fused-ring (bicyclic) bond motifs is 1. The van der Waals surface area contributed by atoms with Crippen LogP contribution in [0.5, 0.6) is 0 Å². The van der Waals surface area contributed by atoms with Crippen LogP contribution in [-0.2, 0) is 4.79 Å². The number of benzene rings is 1. The summed E-state index contributed by atoms with van der Waals surface area (Å²) in [7, 11) is 0. The van der Waals surface area contributed by atoms with Crippen molar-refractivity contribution in [2.45, 2.75) is 19.9 Å². The van der Waals surface area contributed by atoms with Crippen molar-refractivity contribution in [3.63, 3.8) is 0 Å². The summed E-state index contributed by atoms with van der Waals surface area (Å²) in [6, 6.07) is 5.30. The number of nitrogens with zero attached hydrogens (tertiary/aromatic N) is 2. The van der Waals surface area contributed by atoms with Gasteiger partial charge in [0.15, 0.2) is 0 Å². The molecule has 1 atom stereocenters. The average Bonchev–Trinajstić information content (AvgIpc) is 2.64. The Labute approximate surface area is 113 Å². The van der Waals surface area contributed by atoms with Crippen LogP contribution in [-0.4, -0.2) is 22.0 Å². The van der Waals surface area contributed by atoms with Crippen molar-refractivity contribution < 1.29 is 4.79 Å². The van der Waals surface area contributed by atoms with Crippen LogP contribution in [0, 0.1) is 0 Å². The molecule has 0 aliphatic rings. The molecule has 2 aromatic rings. The Hall–Kier alpha value is -1.56. The van der Waals surface area contributed by atoms with Crippen molar-refractivity contribution >= 4 is 38.8 Å². The SMILES string of the molecule is CCNC(=O)C(C)n1c(N)nc2ccc(Br)cc21. The van der Waals surface area contributed by atoms with Crippen molar-refractivity contribution in [3.05, 3.63) is 22.7 Å². The second kappa shape index (κ2) is 4.97. The van der Waals surface area contributed by atoms with Gasteiger partial charge < -0.3 is 11.1 Å². The number of hydrogen-bond donors (Lipinski definition) is 2. The standard InChI is InChI=1S/C12H15BrN4O/c1-3-15-11(18)7(2)17-10-6-8(13)4-5-9(10)16-12(17)14/h4-7H,3H2,1-2H3,(H2,14,16)(H,15,18). The highest BCUT2D eigenvalue weighted by Gasteiger charge is 2.19. The van der Waals surface area contributed by atoms with Crippen LogP contribution in [0.15, 0.2) is 22.7 Å². The summed E-state index contributed by atoms with van der Waals surface area (Å²) in [5.41, 5.74) is 7.53. The monoisotopic (exact) mass is 310 g/mol. The highest BCUT2D eigenvalue weighted by Crippen LogP contribution is 2.25. The van der Waals surface area contributed by atoms with Crippen molar-refractivity contribution in [2.24, 2.45) is 0 Å². The zero-order valence-electron chi connectivity index (χ0n) is 10.3. The maximum Gasteiger partial charge on any atom is 0.242 e. The van der Waals surface area contributed by atoms with Crippen LogP contribution in [0.3, 0.4) is 0 Å². The number of anilines is 1. The van der Waals surface area contributed by atoms with Crippen molar-refractivity contribution in [3.8, 4) is 0 Å². The van der Waals surface area contributed by atoms with Gasteiger partial charge in [0.1, 0.15) is 6.04 Å². The zero-order chi connectivity index (χ0) is 13.3. The molecule has 0 saturated heterocycles. The summed E-state index contributed by atoms with van der Waals surface area (Å²) in [6.45, 7) is 4.29. The number of halogens is 1. The van der Waals surface area contributed by atoms with Gasteiger partial charge >= 0.3 is 0 Å². The highest BCUT2D eigenvalue weighted by molar-refractivity contribution is 9.10. The van der Waals surface area contributed by atoms with Gasteiger partial charge in [0.05, 0.1) is 11.0 Å². The smallest absolute Gasteiger partial charge is 0.242 e. The highest BCUT2D eigenvalue weighted by atomic mass is 79.9. The third-order valence-electron chi connectivity index (χ3n) is 2.80. The minimum atomic E-state index is -0.385.